The minimum atomic E-state index is -0.964. The number of hydrogen-bond acceptors (Lipinski definition) is 6. The van der Waals surface area contributed by atoms with Gasteiger partial charge in [-0.2, -0.15) is 0 Å². The van der Waals surface area contributed by atoms with Crippen molar-refractivity contribution in [2.75, 3.05) is 24.4 Å². The maximum absolute atomic E-state index is 13.0. The summed E-state index contributed by atoms with van der Waals surface area (Å²) < 4.78 is 5.19. The Morgan fingerprint density at radius 3 is 2.96 bits per heavy atom. The van der Waals surface area contributed by atoms with Crippen LogP contribution in [0.2, 0.25) is 5.02 Å². The number of halogens is 1. The number of thiophene rings is 1. The third-order valence-electron chi connectivity index (χ3n) is 4.35. The molecule has 7 nitrogen and oxygen atoms in total. The van der Waals surface area contributed by atoms with E-state index < -0.39 is 5.54 Å². The standard InChI is InChI=1S/C17H15ClN4O3S/c1-17(7-25-2)16(24)21-10-6-20-15-11(12(10)22-17)8(5-19-15)13(23)14-9(18)3-4-26-14/h3-6,22H,7H2,1-2H3,(H,19,20)(H,21,24)/t17-/m0/s1. The van der Waals surface area contributed by atoms with E-state index in [9.17, 15) is 9.59 Å². The first-order valence-corrected chi connectivity index (χ1v) is 9.06. The van der Waals surface area contributed by atoms with Crippen molar-refractivity contribution < 1.29 is 14.3 Å². The molecule has 134 valence electrons. The quantitative estimate of drug-likeness (QED) is 0.594. The number of carbonyl (C=O) groups excluding carboxylic acids is 2. The van der Waals surface area contributed by atoms with Crippen molar-refractivity contribution in [2.24, 2.45) is 0 Å². The summed E-state index contributed by atoms with van der Waals surface area (Å²) in [5, 5.41) is 8.86. The van der Waals surface area contributed by atoms with Gasteiger partial charge in [0.25, 0.3) is 5.91 Å². The van der Waals surface area contributed by atoms with Gasteiger partial charge in [0.15, 0.2) is 0 Å². The first-order chi connectivity index (χ1) is 12.4. The van der Waals surface area contributed by atoms with Crippen molar-refractivity contribution in [3.8, 4) is 0 Å². The van der Waals surface area contributed by atoms with Crippen LogP contribution in [-0.2, 0) is 9.53 Å². The molecule has 0 unspecified atom stereocenters. The number of aromatic amines is 1. The van der Waals surface area contributed by atoms with Gasteiger partial charge >= 0.3 is 0 Å². The molecule has 1 aliphatic heterocycles. The van der Waals surface area contributed by atoms with E-state index in [1.54, 1.807) is 30.8 Å². The molecule has 3 aromatic heterocycles. The van der Waals surface area contributed by atoms with E-state index >= 15 is 0 Å². The number of rotatable bonds is 4. The Labute approximate surface area is 157 Å². The molecule has 4 heterocycles. The largest absolute Gasteiger partial charge is 0.382 e. The summed E-state index contributed by atoms with van der Waals surface area (Å²) in [5.74, 6) is -0.420. The number of ketones is 1. The maximum Gasteiger partial charge on any atom is 0.252 e. The molecule has 0 aromatic carbocycles. The van der Waals surface area contributed by atoms with Crippen LogP contribution in [0.4, 0.5) is 11.4 Å². The van der Waals surface area contributed by atoms with Gasteiger partial charge in [-0.3, -0.25) is 9.59 Å². The number of methoxy groups -OCH3 is 1. The fourth-order valence-corrected chi connectivity index (χ4v) is 4.16. The van der Waals surface area contributed by atoms with Crippen LogP contribution in [0.15, 0.2) is 23.8 Å². The highest BCUT2D eigenvalue weighted by Crippen LogP contribution is 2.39. The van der Waals surface area contributed by atoms with E-state index in [-0.39, 0.29) is 18.3 Å². The molecule has 0 aliphatic carbocycles. The Morgan fingerprint density at radius 1 is 1.46 bits per heavy atom. The summed E-state index contributed by atoms with van der Waals surface area (Å²) in [7, 11) is 1.53. The van der Waals surface area contributed by atoms with Gasteiger partial charge in [0.1, 0.15) is 11.2 Å². The number of hydrogen-bond donors (Lipinski definition) is 3. The van der Waals surface area contributed by atoms with Gasteiger partial charge in [0, 0.05) is 13.3 Å². The second-order valence-electron chi connectivity index (χ2n) is 6.24. The summed E-state index contributed by atoms with van der Waals surface area (Å²) in [6, 6.07) is 1.69. The second kappa shape index (κ2) is 6.08. The lowest BCUT2D eigenvalue weighted by molar-refractivity contribution is -0.121. The molecule has 9 heteroatoms. The third-order valence-corrected chi connectivity index (χ3v) is 5.69. The molecule has 1 atom stereocenters. The molecule has 3 aromatic rings. The molecule has 3 N–H and O–H groups in total. The number of nitrogens with zero attached hydrogens (tertiary/aromatic N) is 1. The summed E-state index contributed by atoms with van der Waals surface area (Å²) >= 11 is 7.41. The summed E-state index contributed by atoms with van der Waals surface area (Å²) in [6.45, 7) is 1.91. The number of ether oxygens (including phenoxy) is 1. The molecular weight excluding hydrogens is 376 g/mol. The molecule has 26 heavy (non-hydrogen) atoms. The van der Waals surface area contributed by atoms with Crippen molar-refractivity contribution in [1.82, 2.24) is 9.97 Å². The molecule has 0 bridgehead atoms. The van der Waals surface area contributed by atoms with Crippen molar-refractivity contribution in [2.45, 2.75) is 12.5 Å². The van der Waals surface area contributed by atoms with Crippen LogP contribution in [0.5, 0.6) is 0 Å². The predicted octanol–water partition coefficient (Wildman–Crippen LogP) is 3.28. The lowest BCUT2D eigenvalue weighted by Crippen LogP contribution is -2.53. The molecule has 1 amide bonds. The van der Waals surface area contributed by atoms with Gasteiger partial charge in [0.2, 0.25) is 5.78 Å². The number of aromatic nitrogens is 2. The molecule has 1 aliphatic rings. The number of pyridine rings is 1. The van der Waals surface area contributed by atoms with Gasteiger partial charge in [-0.25, -0.2) is 4.98 Å². The minimum absolute atomic E-state index is 0.173. The average molecular weight is 391 g/mol. The lowest BCUT2D eigenvalue weighted by Gasteiger charge is -2.35. The van der Waals surface area contributed by atoms with E-state index in [1.807, 2.05) is 0 Å². The number of nitrogens with one attached hydrogen (secondary N) is 3. The van der Waals surface area contributed by atoms with Crippen LogP contribution >= 0.6 is 22.9 Å². The highest BCUT2D eigenvalue weighted by atomic mass is 35.5. The number of fused-ring (bicyclic) bond motifs is 3. The Morgan fingerprint density at radius 2 is 2.27 bits per heavy atom. The van der Waals surface area contributed by atoms with Crippen LogP contribution in [-0.4, -0.2) is 40.9 Å². The molecule has 4 rings (SSSR count). The Hall–Kier alpha value is -2.42. The molecule has 0 saturated carbocycles. The Bertz CT molecular complexity index is 1040. The lowest BCUT2D eigenvalue weighted by atomic mass is 9.97. The van der Waals surface area contributed by atoms with E-state index in [1.165, 1.54) is 18.4 Å². The third kappa shape index (κ3) is 2.49. The zero-order valence-electron chi connectivity index (χ0n) is 14.0. The number of H-pyrrole nitrogens is 1. The van der Waals surface area contributed by atoms with Crippen LogP contribution in [0.3, 0.4) is 0 Å². The summed E-state index contributed by atoms with van der Waals surface area (Å²) in [5.41, 5.74) is 1.17. The molecule has 0 fully saturated rings. The normalized spacial score (nSPS) is 19.1. The van der Waals surface area contributed by atoms with E-state index in [0.717, 1.165) is 0 Å². The monoisotopic (exact) mass is 390 g/mol. The summed E-state index contributed by atoms with van der Waals surface area (Å²) in [6.07, 6.45) is 3.17. The molecule has 0 spiro atoms. The highest BCUT2D eigenvalue weighted by molar-refractivity contribution is 7.13. The van der Waals surface area contributed by atoms with Crippen molar-refractivity contribution in [3.05, 3.63) is 39.3 Å². The van der Waals surface area contributed by atoms with Gasteiger partial charge in [-0.05, 0) is 18.4 Å². The van der Waals surface area contributed by atoms with Crippen LogP contribution in [0.1, 0.15) is 22.2 Å². The van der Waals surface area contributed by atoms with Crippen LogP contribution in [0.25, 0.3) is 11.0 Å². The zero-order valence-corrected chi connectivity index (χ0v) is 15.5. The first-order valence-electron chi connectivity index (χ1n) is 7.81. The first kappa shape index (κ1) is 17.0. The fourth-order valence-electron chi connectivity index (χ4n) is 3.06. The Balaban J connectivity index is 1.89. The molecule has 0 radical (unpaired) electrons. The minimum Gasteiger partial charge on any atom is -0.382 e. The van der Waals surface area contributed by atoms with E-state index in [0.29, 0.717) is 37.9 Å². The second-order valence-corrected chi connectivity index (χ2v) is 7.57. The average Bonchev–Trinajstić information content (AvgIpc) is 3.22. The number of amides is 1. The zero-order chi connectivity index (χ0) is 18.5. The topological polar surface area (TPSA) is 96.1 Å². The maximum atomic E-state index is 13.0. The smallest absolute Gasteiger partial charge is 0.252 e. The number of anilines is 2. The fraction of sp³-hybridized carbons (Fsp3) is 0.235. The van der Waals surface area contributed by atoms with Crippen molar-refractivity contribution in [1.29, 1.82) is 0 Å². The predicted molar refractivity (Wildman–Crippen MR) is 101 cm³/mol. The van der Waals surface area contributed by atoms with Crippen molar-refractivity contribution >= 4 is 57.0 Å². The summed E-state index contributed by atoms with van der Waals surface area (Å²) in [4.78, 5) is 33.2. The number of carbonyl (C=O) groups is 2. The van der Waals surface area contributed by atoms with Gasteiger partial charge in [-0.1, -0.05) is 11.6 Å². The van der Waals surface area contributed by atoms with Crippen LogP contribution < -0.4 is 10.6 Å². The van der Waals surface area contributed by atoms with Crippen LogP contribution in [0, 0.1) is 0 Å². The van der Waals surface area contributed by atoms with Gasteiger partial charge < -0.3 is 20.4 Å². The van der Waals surface area contributed by atoms with E-state index in [4.69, 9.17) is 16.3 Å². The molecule has 0 saturated heterocycles. The Kier molecular flexibility index (Phi) is 3.98. The van der Waals surface area contributed by atoms with Gasteiger partial charge in [0.05, 0.1) is 45.0 Å². The van der Waals surface area contributed by atoms with E-state index in [2.05, 4.69) is 20.6 Å². The van der Waals surface area contributed by atoms with Gasteiger partial charge in [-0.15, -0.1) is 11.3 Å². The highest BCUT2D eigenvalue weighted by Gasteiger charge is 2.39. The van der Waals surface area contributed by atoms with Crippen molar-refractivity contribution in [3.63, 3.8) is 0 Å². The SMILES string of the molecule is COC[C@]1(C)Nc2c(cnc3[nH]cc(C(=O)c4sccc4Cl)c23)NC1=O. The molecular formula is C17H15ClN4O3S.